The lowest BCUT2D eigenvalue weighted by molar-refractivity contribution is -0.124. The molecule has 0 radical (unpaired) electrons. The van der Waals surface area contributed by atoms with Crippen LogP contribution in [-0.2, 0) is 11.2 Å². The Bertz CT molecular complexity index is 519. The summed E-state index contributed by atoms with van der Waals surface area (Å²) in [5.74, 6) is 2.04. The van der Waals surface area contributed by atoms with E-state index in [4.69, 9.17) is 10.2 Å². The first kappa shape index (κ1) is 16.1. The summed E-state index contributed by atoms with van der Waals surface area (Å²) in [5.41, 5.74) is 7.29. The van der Waals surface area contributed by atoms with Crippen LogP contribution in [0.2, 0.25) is 0 Å². The van der Waals surface area contributed by atoms with Crippen LogP contribution in [0.1, 0.15) is 63.7 Å². The smallest absolute Gasteiger partial charge is 0.237 e. The number of hydrogen-bond donors (Lipinski definition) is 2. The Hall–Kier alpha value is -1.29. The maximum absolute atomic E-state index is 12.4. The van der Waals surface area contributed by atoms with Gasteiger partial charge in [0.2, 0.25) is 5.91 Å². The summed E-state index contributed by atoms with van der Waals surface area (Å²) in [6.07, 6.45) is 2.73. The summed E-state index contributed by atoms with van der Waals surface area (Å²) < 4.78 is 5.80. The van der Waals surface area contributed by atoms with Crippen molar-refractivity contribution < 1.29 is 9.21 Å². The van der Waals surface area contributed by atoms with Gasteiger partial charge in [0.05, 0.1) is 12.1 Å². The minimum absolute atomic E-state index is 0.00352. The highest BCUT2D eigenvalue weighted by Gasteiger charge is 2.36. The molecule has 4 nitrogen and oxygen atoms in total. The average Bonchev–Trinajstić information content (AvgIpc) is 2.75. The molecule has 0 spiro atoms. The molecule has 0 aliphatic heterocycles. The number of rotatable bonds is 4. The predicted molar refractivity (Wildman–Crippen MR) is 83.9 cm³/mol. The van der Waals surface area contributed by atoms with Crippen LogP contribution in [0.3, 0.4) is 0 Å². The maximum atomic E-state index is 12.4. The van der Waals surface area contributed by atoms with E-state index >= 15 is 0 Å². The van der Waals surface area contributed by atoms with Crippen LogP contribution in [0.5, 0.6) is 0 Å². The summed E-state index contributed by atoms with van der Waals surface area (Å²) >= 11 is 0. The van der Waals surface area contributed by atoms with Crippen LogP contribution in [-0.4, -0.2) is 11.9 Å². The molecule has 0 saturated heterocycles. The van der Waals surface area contributed by atoms with Crippen molar-refractivity contribution in [2.45, 2.75) is 66.0 Å². The van der Waals surface area contributed by atoms with E-state index < -0.39 is 6.04 Å². The van der Waals surface area contributed by atoms with E-state index in [1.807, 2.05) is 19.9 Å². The zero-order valence-electron chi connectivity index (χ0n) is 13.8. The summed E-state index contributed by atoms with van der Waals surface area (Å²) in [6, 6.07) is 1.60. The number of hydrogen-bond acceptors (Lipinski definition) is 3. The van der Waals surface area contributed by atoms with Crippen LogP contribution < -0.4 is 11.1 Å². The number of nitrogens with one attached hydrogen (secondary N) is 1. The van der Waals surface area contributed by atoms with Gasteiger partial charge < -0.3 is 15.5 Å². The molecular weight excluding hydrogens is 264 g/mol. The monoisotopic (exact) mass is 292 g/mol. The van der Waals surface area contributed by atoms with Gasteiger partial charge in [-0.2, -0.15) is 0 Å². The fraction of sp³-hybridized carbons (Fsp3) is 0.706. The minimum Gasteiger partial charge on any atom is -0.466 e. The van der Waals surface area contributed by atoms with Crippen molar-refractivity contribution in [2.75, 3.05) is 0 Å². The molecule has 0 bridgehead atoms. The number of nitrogens with two attached hydrogens (primary N) is 1. The minimum atomic E-state index is -0.448. The molecule has 1 aromatic rings. The lowest BCUT2D eigenvalue weighted by atomic mass is 9.74. The molecule has 2 rings (SSSR count). The van der Waals surface area contributed by atoms with Gasteiger partial charge in [0, 0.05) is 12.0 Å². The molecule has 3 atom stereocenters. The third-order valence-corrected chi connectivity index (χ3v) is 4.61. The van der Waals surface area contributed by atoms with E-state index in [2.05, 4.69) is 26.1 Å². The van der Waals surface area contributed by atoms with Crippen LogP contribution in [0.4, 0.5) is 0 Å². The van der Waals surface area contributed by atoms with Crippen molar-refractivity contribution >= 4 is 5.91 Å². The van der Waals surface area contributed by atoms with E-state index in [-0.39, 0.29) is 23.3 Å². The van der Waals surface area contributed by atoms with Crippen molar-refractivity contribution in [1.29, 1.82) is 0 Å². The molecule has 21 heavy (non-hydrogen) atoms. The van der Waals surface area contributed by atoms with Gasteiger partial charge in [-0.3, -0.25) is 4.79 Å². The molecule has 118 valence electrons. The highest BCUT2D eigenvalue weighted by molar-refractivity contribution is 5.82. The normalized spacial score (nSPS) is 23.2. The number of fused-ring (bicyclic) bond motifs is 1. The van der Waals surface area contributed by atoms with E-state index in [1.54, 1.807) is 0 Å². The second-order valence-corrected chi connectivity index (χ2v) is 7.25. The average molecular weight is 292 g/mol. The standard InChI is InChI=1S/C17H28N2O2/c1-6-10(2)15(18)16(20)19-13-8-17(4,5)9-14-12(13)7-11(3)21-14/h7,10,13,15H,6,8-9,18H2,1-5H3,(H,19,20)/t10-,13?,15-/m0/s1. The van der Waals surface area contributed by atoms with Crippen LogP contribution in [0.25, 0.3) is 0 Å². The zero-order chi connectivity index (χ0) is 15.8. The number of aryl methyl sites for hydroxylation is 1. The fourth-order valence-electron chi connectivity index (χ4n) is 3.09. The number of furan rings is 1. The topological polar surface area (TPSA) is 68.3 Å². The lowest BCUT2D eigenvalue weighted by Gasteiger charge is -2.35. The first-order valence-electron chi connectivity index (χ1n) is 7.88. The SMILES string of the molecule is CC[C@H](C)[C@H](N)C(=O)NC1CC(C)(C)Cc2oc(C)cc21. The quantitative estimate of drug-likeness (QED) is 0.896. The van der Waals surface area contributed by atoms with Crippen LogP contribution >= 0.6 is 0 Å². The number of carbonyl (C=O) groups is 1. The lowest BCUT2D eigenvalue weighted by Crippen LogP contribution is -2.47. The van der Waals surface area contributed by atoms with Gasteiger partial charge in [0.1, 0.15) is 11.5 Å². The molecule has 1 amide bonds. The third-order valence-electron chi connectivity index (χ3n) is 4.61. The van der Waals surface area contributed by atoms with E-state index in [1.165, 1.54) is 0 Å². The van der Waals surface area contributed by atoms with Gasteiger partial charge in [-0.1, -0.05) is 34.1 Å². The maximum Gasteiger partial charge on any atom is 0.237 e. The number of carbonyl (C=O) groups excluding carboxylic acids is 1. The molecule has 1 heterocycles. The van der Waals surface area contributed by atoms with E-state index in [0.717, 1.165) is 36.3 Å². The number of amides is 1. The van der Waals surface area contributed by atoms with Crippen molar-refractivity contribution in [3.8, 4) is 0 Å². The Morgan fingerprint density at radius 2 is 2.24 bits per heavy atom. The molecule has 1 aliphatic rings. The molecular formula is C17H28N2O2. The van der Waals surface area contributed by atoms with E-state index in [0.29, 0.717) is 0 Å². The first-order chi connectivity index (χ1) is 9.73. The van der Waals surface area contributed by atoms with Crippen molar-refractivity contribution in [1.82, 2.24) is 5.32 Å². The Balaban J connectivity index is 2.18. The Kier molecular flexibility index (Phi) is 4.47. The van der Waals surface area contributed by atoms with Gasteiger partial charge >= 0.3 is 0 Å². The molecule has 0 aromatic carbocycles. The van der Waals surface area contributed by atoms with Crippen LogP contribution in [0, 0.1) is 18.3 Å². The third kappa shape index (κ3) is 3.49. The molecule has 1 aromatic heterocycles. The fourth-order valence-corrected chi connectivity index (χ4v) is 3.09. The summed E-state index contributed by atoms with van der Waals surface area (Å²) in [7, 11) is 0. The van der Waals surface area contributed by atoms with Gasteiger partial charge in [0.15, 0.2) is 0 Å². The van der Waals surface area contributed by atoms with Crippen molar-refractivity contribution in [2.24, 2.45) is 17.1 Å². The molecule has 4 heteroatoms. The second-order valence-electron chi connectivity index (χ2n) is 7.25. The molecule has 1 unspecified atom stereocenters. The summed E-state index contributed by atoms with van der Waals surface area (Å²) in [5, 5.41) is 3.14. The van der Waals surface area contributed by atoms with Crippen molar-refractivity contribution in [3.63, 3.8) is 0 Å². The van der Waals surface area contributed by atoms with Gasteiger partial charge in [-0.05, 0) is 30.7 Å². The molecule has 1 aliphatic carbocycles. The Morgan fingerprint density at radius 3 is 2.86 bits per heavy atom. The molecule has 0 saturated carbocycles. The van der Waals surface area contributed by atoms with Crippen molar-refractivity contribution in [3.05, 3.63) is 23.2 Å². The largest absolute Gasteiger partial charge is 0.466 e. The predicted octanol–water partition coefficient (Wildman–Crippen LogP) is 3.09. The Morgan fingerprint density at radius 1 is 1.57 bits per heavy atom. The zero-order valence-corrected chi connectivity index (χ0v) is 13.8. The van der Waals surface area contributed by atoms with Gasteiger partial charge in [-0.25, -0.2) is 0 Å². The highest BCUT2D eigenvalue weighted by atomic mass is 16.3. The van der Waals surface area contributed by atoms with Crippen LogP contribution in [0.15, 0.2) is 10.5 Å². The first-order valence-corrected chi connectivity index (χ1v) is 7.88. The van der Waals surface area contributed by atoms with Gasteiger partial charge in [0.25, 0.3) is 0 Å². The molecule has 3 N–H and O–H groups in total. The molecule has 0 fully saturated rings. The van der Waals surface area contributed by atoms with Gasteiger partial charge in [-0.15, -0.1) is 0 Å². The summed E-state index contributed by atoms with van der Waals surface area (Å²) in [4.78, 5) is 12.4. The Labute approximate surface area is 127 Å². The summed E-state index contributed by atoms with van der Waals surface area (Å²) in [6.45, 7) is 10.4. The highest BCUT2D eigenvalue weighted by Crippen LogP contribution is 2.42. The van der Waals surface area contributed by atoms with E-state index in [9.17, 15) is 4.79 Å². The second kappa shape index (κ2) is 5.84.